The van der Waals surface area contributed by atoms with Crippen molar-refractivity contribution in [2.75, 3.05) is 13.7 Å². The summed E-state index contributed by atoms with van der Waals surface area (Å²) in [4.78, 5) is 0. The molecule has 1 aliphatic carbocycles. The first-order valence-electron chi connectivity index (χ1n) is 7.15. The van der Waals surface area contributed by atoms with Crippen LogP contribution >= 0.6 is 0 Å². The van der Waals surface area contributed by atoms with Gasteiger partial charge in [0.1, 0.15) is 11.5 Å². The van der Waals surface area contributed by atoms with E-state index in [1.54, 1.807) is 7.11 Å². The lowest BCUT2D eigenvalue weighted by Gasteiger charge is -2.41. The van der Waals surface area contributed by atoms with E-state index >= 15 is 0 Å². The van der Waals surface area contributed by atoms with Crippen LogP contribution in [0.3, 0.4) is 0 Å². The Morgan fingerprint density at radius 3 is 2.85 bits per heavy atom. The highest BCUT2D eigenvalue weighted by atomic mass is 16.5. The molecule has 2 heteroatoms. The molecular weight excluding hydrogens is 248 g/mol. The van der Waals surface area contributed by atoms with Gasteiger partial charge in [0.25, 0.3) is 0 Å². The maximum atomic E-state index is 5.88. The first-order chi connectivity index (χ1) is 9.73. The SMILES string of the molecule is COc1cccc2c1-c1cccc3c1C(C)(CCO3)C2. The van der Waals surface area contributed by atoms with Gasteiger partial charge in [-0.1, -0.05) is 31.2 Å². The molecule has 1 atom stereocenters. The predicted octanol–water partition coefficient (Wildman–Crippen LogP) is 3.96. The average Bonchev–Trinajstić information content (AvgIpc) is 2.46. The van der Waals surface area contributed by atoms with Gasteiger partial charge in [-0.2, -0.15) is 0 Å². The van der Waals surface area contributed by atoms with Crippen molar-refractivity contribution < 1.29 is 9.47 Å². The molecular formula is C18H18O2. The molecule has 1 aliphatic heterocycles. The third kappa shape index (κ3) is 1.45. The Kier molecular flexibility index (Phi) is 2.38. The zero-order valence-corrected chi connectivity index (χ0v) is 11.9. The normalized spacial score (nSPS) is 22.5. The molecule has 0 amide bonds. The van der Waals surface area contributed by atoms with Gasteiger partial charge in [0.2, 0.25) is 0 Å². The lowest BCUT2D eigenvalue weighted by molar-refractivity contribution is 0.222. The first kappa shape index (κ1) is 11.8. The smallest absolute Gasteiger partial charge is 0.126 e. The van der Waals surface area contributed by atoms with Gasteiger partial charge in [-0.05, 0) is 36.1 Å². The van der Waals surface area contributed by atoms with Crippen molar-refractivity contribution in [1.82, 2.24) is 0 Å². The number of rotatable bonds is 1. The zero-order valence-electron chi connectivity index (χ0n) is 11.9. The van der Waals surface area contributed by atoms with Gasteiger partial charge in [-0.15, -0.1) is 0 Å². The van der Waals surface area contributed by atoms with Crippen LogP contribution in [0.15, 0.2) is 36.4 Å². The highest BCUT2D eigenvalue weighted by molar-refractivity contribution is 5.82. The van der Waals surface area contributed by atoms with Gasteiger partial charge in [0.05, 0.1) is 13.7 Å². The minimum atomic E-state index is 0.184. The fraction of sp³-hybridized carbons (Fsp3) is 0.333. The molecule has 0 aromatic heterocycles. The summed E-state index contributed by atoms with van der Waals surface area (Å²) < 4.78 is 11.5. The molecule has 20 heavy (non-hydrogen) atoms. The molecule has 0 fully saturated rings. The summed E-state index contributed by atoms with van der Waals surface area (Å²) in [6, 6.07) is 12.7. The molecule has 2 nitrogen and oxygen atoms in total. The van der Waals surface area contributed by atoms with E-state index < -0.39 is 0 Å². The van der Waals surface area contributed by atoms with Crippen LogP contribution < -0.4 is 9.47 Å². The van der Waals surface area contributed by atoms with Crippen molar-refractivity contribution in [3.8, 4) is 22.6 Å². The highest BCUT2D eigenvalue weighted by Crippen LogP contribution is 2.52. The number of benzene rings is 2. The highest BCUT2D eigenvalue weighted by Gasteiger charge is 2.40. The average molecular weight is 266 g/mol. The van der Waals surface area contributed by atoms with Crippen molar-refractivity contribution in [3.05, 3.63) is 47.5 Å². The van der Waals surface area contributed by atoms with Crippen LogP contribution in [0.1, 0.15) is 24.5 Å². The summed E-state index contributed by atoms with van der Waals surface area (Å²) in [5.74, 6) is 2.01. The summed E-state index contributed by atoms with van der Waals surface area (Å²) >= 11 is 0. The molecule has 4 rings (SSSR count). The molecule has 2 aliphatic rings. The minimum Gasteiger partial charge on any atom is -0.496 e. The Balaban J connectivity index is 2.08. The Morgan fingerprint density at radius 2 is 2.00 bits per heavy atom. The number of fused-ring (bicyclic) bond motifs is 2. The van der Waals surface area contributed by atoms with E-state index in [0.717, 1.165) is 30.9 Å². The summed E-state index contributed by atoms with van der Waals surface area (Å²) in [5.41, 5.74) is 5.46. The maximum Gasteiger partial charge on any atom is 0.126 e. The fourth-order valence-electron chi connectivity index (χ4n) is 3.79. The van der Waals surface area contributed by atoms with E-state index in [9.17, 15) is 0 Å². The standard InChI is InChI=1S/C18H18O2/c1-18-9-10-20-15-8-4-6-13(17(15)18)16-12(11-18)5-3-7-14(16)19-2/h3-8H,9-11H2,1-2H3. The Labute approximate surface area is 119 Å². The van der Waals surface area contributed by atoms with Crippen LogP contribution in [0.4, 0.5) is 0 Å². The number of methoxy groups -OCH3 is 1. The minimum absolute atomic E-state index is 0.184. The molecule has 1 unspecified atom stereocenters. The quantitative estimate of drug-likeness (QED) is 0.778. The third-order valence-corrected chi connectivity index (χ3v) is 4.72. The summed E-state index contributed by atoms with van der Waals surface area (Å²) in [7, 11) is 1.75. The molecule has 2 aromatic rings. The lowest BCUT2D eigenvalue weighted by atomic mass is 9.66. The Hall–Kier alpha value is -1.96. The maximum absolute atomic E-state index is 5.88. The lowest BCUT2D eigenvalue weighted by Crippen LogP contribution is -2.35. The molecule has 0 saturated heterocycles. The van der Waals surface area contributed by atoms with Crippen molar-refractivity contribution in [1.29, 1.82) is 0 Å². The summed E-state index contributed by atoms with van der Waals surface area (Å²) in [5, 5.41) is 0. The Morgan fingerprint density at radius 1 is 1.15 bits per heavy atom. The number of hydrogen-bond acceptors (Lipinski definition) is 2. The molecule has 0 spiro atoms. The van der Waals surface area contributed by atoms with Gasteiger partial charge in [-0.3, -0.25) is 0 Å². The van der Waals surface area contributed by atoms with Gasteiger partial charge in [0, 0.05) is 16.5 Å². The van der Waals surface area contributed by atoms with E-state index in [4.69, 9.17) is 9.47 Å². The molecule has 102 valence electrons. The molecule has 0 bridgehead atoms. The van der Waals surface area contributed by atoms with Crippen molar-refractivity contribution >= 4 is 0 Å². The van der Waals surface area contributed by atoms with E-state index in [-0.39, 0.29) is 5.41 Å². The van der Waals surface area contributed by atoms with E-state index in [2.05, 4.69) is 37.3 Å². The second-order valence-electron chi connectivity index (χ2n) is 6.01. The second kappa shape index (κ2) is 4.02. The van der Waals surface area contributed by atoms with Crippen molar-refractivity contribution in [2.24, 2.45) is 0 Å². The van der Waals surface area contributed by atoms with Crippen LogP contribution in [0.2, 0.25) is 0 Å². The van der Waals surface area contributed by atoms with E-state index in [1.807, 2.05) is 6.07 Å². The summed E-state index contributed by atoms with van der Waals surface area (Å²) in [6.45, 7) is 3.17. The van der Waals surface area contributed by atoms with E-state index in [1.165, 1.54) is 22.3 Å². The summed E-state index contributed by atoms with van der Waals surface area (Å²) in [6.07, 6.45) is 2.14. The third-order valence-electron chi connectivity index (χ3n) is 4.72. The first-order valence-corrected chi connectivity index (χ1v) is 7.15. The topological polar surface area (TPSA) is 18.5 Å². The molecule has 0 saturated carbocycles. The van der Waals surface area contributed by atoms with Gasteiger partial charge >= 0.3 is 0 Å². The Bertz CT molecular complexity index is 690. The predicted molar refractivity (Wildman–Crippen MR) is 79.6 cm³/mol. The molecule has 1 heterocycles. The monoisotopic (exact) mass is 266 g/mol. The van der Waals surface area contributed by atoms with Crippen LogP contribution in [0.5, 0.6) is 11.5 Å². The van der Waals surface area contributed by atoms with Crippen LogP contribution in [-0.4, -0.2) is 13.7 Å². The fourth-order valence-corrected chi connectivity index (χ4v) is 3.79. The molecule has 0 radical (unpaired) electrons. The second-order valence-corrected chi connectivity index (χ2v) is 6.01. The number of hydrogen-bond donors (Lipinski definition) is 0. The van der Waals surface area contributed by atoms with E-state index in [0.29, 0.717) is 0 Å². The van der Waals surface area contributed by atoms with Crippen LogP contribution in [-0.2, 0) is 11.8 Å². The van der Waals surface area contributed by atoms with Crippen molar-refractivity contribution in [3.63, 3.8) is 0 Å². The van der Waals surface area contributed by atoms with Gasteiger partial charge in [-0.25, -0.2) is 0 Å². The van der Waals surface area contributed by atoms with Gasteiger partial charge < -0.3 is 9.47 Å². The molecule has 0 N–H and O–H groups in total. The number of ether oxygens (including phenoxy) is 2. The van der Waals surface area contributed by atoms with Crippen LogP contribution in [0.25, 0.3) is 11.1 Å². The van der Waals surface area contributed by atoms with Crippen molar-refractivity contribution in [2.45, 2.75) is 25.2 Å². The van der Waals surface area contributed by atoms with Gasteiger partial charge in [0.15, 0.2) is 0 Å². The zero-order chi connectivity index (χ0) is 13.7. The molecule has 2 aromatic carbocycles. The van der Waals surface area contributed by atoms with Crippen LogP contribution in [0, 0.1) is 0 Å². The largest absolute Gasteiger partial charge is 0.496 e.